The van der Waals surface area contributed by atoms with Gasteiger partial charge in [-0.2, -0.15) is 5.26 Å². The van der Waals surface area contributed by atoms with Gasteiger partial charge in [0.25, 0.3) is 5.91 Å². The lowest BCUT2D eigenvalue weighted by atomic mass is 10.2. The van der Waals surface area contributed by atoms with E-state index in [4.69, 9.17) is 5.26 Å². The third-order valence-corrected chi connectivity index (χ3v) is 2.44. The topological polar surface area (TPSA) is 114 Å². The van der Waals surface area contributed by atoms with E-state index < -0.39 is 5.91 Å². The van der Waals surface area contributed by atoms with E-state index in [2.05, 4.69) is 16.0 Å². The smallest absolute Gasteiger partial charge is 0.267 e. The quantitative estimate of drug-likeness (QED) is 0.240. The van der Waals surface area contributed by atoms with Gasteiger partial charge in [-0.15, -0.1) is 0 Å². The van der Waals surface area contributed by atoms with Crippen LogP contribution in [0.4, 0.5) is 5.69 Å². The van der Waals surface area contributed by atoms with Crippen molar-refractivity contribution in [3.05, 3.63) is 36.0 Å². The number of phenols is 1. The van der Waals surface area contributed by atoms with E-state index in [1.54, 1.807) is 18.2 Å². The van der Waals surface area contributed by atoms with Gasteiger partial charge in [0.1, 0.15) is 17.4 Å². The molecule has 0 spiro atoms. The summed E-state index contributed by atoms with van der Waals surface area (Å²) in [5.41, 5.74) is 0.318. The van der Waals surface area contributed by atoms with Crippen LogP contribution >= 0.6 is 0 Å². The second-order valence-corrected chi connectivity index (χ2v) is 4.05. The van der Waals surface area contributed by atoms with Gasteiger partial charge >= 0.3 is 0 Å². The molecular formula is C14H16N4O3. The van der Waals surface area contributed by atoms with Gasteiger partial charge in [-0.25, -0.2) is 0 Å². The van der Waals surface area contributed by atoms with E-state index in [1.165, 1.54) is 18.3 Å². The third kappa shape index (κ3) is 6.11. The Bertz CT molecular complexity index is 564. The lowest BCUT2D eigenvalue weighted by Crippen LogP contribution is -2.20. The van der Waals surface area contributed by atoms with Crippen LogP contribution in [0, 0.1) is 11.3 Å². The number of hydrogen-bond acceptors (Lipinski definition) is 5. The molecule has 4 N–H and O–H groups in total. The van der Waals surface area contributed by atoms with Crippen LogP contribution in [-0.2, 0) is 9.59 Å². The molecule has 0 atom stereocenters. The zero-order chi connectivity index (χ0) is 15.5. The van der Waals surface area contributed by atoms with Crippen LogP contribution in [0.2, 0.25) is 0 Å². The first-order valence-electron chi connectivity index (χ1n) is 6.28. The molecule has 0 unspecified atom stereocenters. The minimum atomic E-state index is -0.568. The average molecular weight is 288 g/mol. The number of hydrogen-bond donors (Lipinski definition) is 4. The van der Waals surface area contributed by atoms with Crippen LogP contribution in [0.3, 0.4) is 0 Å². The van der Waals surface area contributed by atoms with Gasteiger partial charge in [0, 0.05) is 31.0 Å². The fourth-order valence-corrected chi connectivity index (χ4v) is 1.46. The Morgan fingerprint density at radius 2 is 2.10 bits per heavy atom. The second kappa shape index (κ2) is 8.98. The van der Waals surface area contributed by atoms with Crippen molar-refractivity contribution in [1.29, 1.82) is 5.26 Å². The SMILES string of the molecule is N#C/C(=C/NCCCNC=O)C(=O)Nc1cccc(O)c1. The summed E-state index contributed by atoms with van der Waals surface area (Å²) in [4.78, 5) is 21.9. The molecule has 7 nitrogen and oxygen atoms in total. The number of amides is 2. The third-order valence-electron chi connectivity index (χ3n) is 2.44. The number of benzene rings is 1. The molecule has 21 heavy (non-hydrogen) atoms. The molecule has 0 radical (unpaired) electrons. The Balaban J connectivity index is 2.49. The van der Waals surface area contributed by atoms with E-state index in [0.29, 0.717) is 31.6 Å². The van der Waals surface area contributed by atoms with Crippen LogP contribution in [0.15, 0.2) is 36.0 Å². The molecule has 0 aromatic heterocycles. The highest BCUT2D eigenvalue weighted by Crippen LogP contribution is 2.15. The van der Waals surface area contributed by atoms with Crippen molar-refractivity contribution in [3.8, 4) is 11.8 Å². The number of carbonyl (C=O) groups is 2. The van der Waals surface area contributed by atoms with Crippen LogP contribution < -0.4 is 16.0 Å². The van der Waals surface area contributed by atoms with Crippen LogP contribution in [0.1, 0.15) is 6.42 Å². The minimum absolute atomic E-state index is 0.0242. The Labute approximate surface area is 122 Å². The van der Waals surface area contributed by atoms with Crippen LogP contribution in [0.25, 0.3) is 0 Å². The van der Waals surface area contributed by atoms with Gasteiger partial charge in [0.05, 0.1) is 0 Å². The van der Waals surface area contributed by atoms with Crippen molar-refractivity contribution in [2.24, 2.45) is 0 Å². The van der Waals surface area contributed by atoms with E-state index >= 15 is 0 Å². The summed E-state index contributed by atoms with van der Waals surface area (Å²) in [5.74, 6) is -0.544. The number of nitriles is 1. The molecule has 110 valence electrons. The lowest BCUT2D eigenvalue weighted by Gasteiger charge is -2.05. The second-order valence-electron chi connectivity index (χ2n) is 4.05. The van der Waals surface area contributed by atoms with Gasteiger partial charge < -0.3 is 21.1 Å². The lowest BCUT2D eigenvalue weighted by molar-refractivity contribution is -0.112. The molecule has 0 fully saturated rings. The van der Waals surface area contributed by atoms with Crippen molar-refractivity contribution in [3.63, 3.8) is 0 Å². The predicted octanol–water partition coefficient (Wildman–Crippen LogP) is 0.464. The molecule has 7 heteroatoms. The Hall–Kier alpha value is -3.01. The standard InChI is InChI=1S/C14H16N4O3/c15-8-11(9-16-5-2-6-17-10-19)14(21)18-12-3-1-4-13(20)7-12/h1,3-4,7,9-10,16,20H,2,5-6H2,(H,17,19)(H,18,21)/b11-9-. The summed E-state index contributed by atoms with van der Waals surface area (Å²) in [6.07, 6.45) is 2.60. The number of phenolic OH excluding ortho intramolecular Hbond substituents is 1. The van der Waals surface area contributed by atoms with Crippen LogP contribution in [0.5, 0.6) is 5.75 Å². The van der Waals surface area contributed by atoms with Crippen molar-refractivity contribution in [2.75, 3.05) is 18.4 Å². The summed E-state index contributed by atoms with van der Waals surface area (Å²) in [6.45, 7) is 1.03. The van der Waals surface area contributed by atoms with E-state index in [9.17, 15) is 14.7 Å². The molecule has 0 bridgehead atoms. The first kappa shape index (κ1) is 16.0. The largest absolute Gasteiger partial charge is 0.508 e. The average Bonchev–Trinajstić information content (AvgIpc) is 2.46. The first-order chi connectivity index (χ1) is 10.2. The molecule has 0 aliphatic carbocycles. The summed E-state index contributed by atoms with van der Waals surface area (Å²) in [5, 5.41) is 26.1. The van der Waals surface area contributed by atoms with E-state index in [1.807, 2.05) is 0 Å². The molecule has 0 saturated heterocycles. The maximum atomic E-state index is 11.8. The van der Waals surface area contributed by atoms with E-state index in [0.717, 1.165) is 0 Å². The van der Waals surface area contributed by atoms with Crippen molar-refractivity contribution in [2.45, 2.75) is 6.42 Å². The number of anilines is 1. The Morgan fingerprint density at radius 1 is 1.33 bits per heavy atom. The molecular weight excluding hydrogens is 272 g/mol. The fourth-order valence-electron chi connectivity index (χ4n) is 1.46. The maximum Gasteiger partial charge on any atom is 0.267 e. The highest BCUT2D eigenvalue weighted by molar-refractivity contribution is 6.06. The van der Waals surface area contributed by atoms with Gasteiger partial charge in [0.15, 0.2) is 0 Å². The zero-order valence-electron chi connectivity index (χ0n) is 11.3. The normalized spacial score (nSPS) is 10.3. The number of nitrogens with zero attached hydrogens (tertiary/aromatic N) is 1. The summed E-state index contributed by atoms with van der Waals surface area (Å²) in [7, 11) is 0. The highest BCUT2D eigenvalue weighted by Gasteiger charge is 2.09. The number of nitrogens with one attached hydrogen (secondary N) is 3. The molecule has 2 amide bonds. The highest BCUT2D eigenvalue weighted by atomic mass is 16.3. The summed E-state index contributed by atoms with van der Waals surface area (Å²) >= 11 is 0. The van der Waals surface area contributed by atoms with E-state index in [-0.39, 0.29) is 11.3 Å². The molecule has 1 aromatic carbocycles. The predicted molar refractivity (Wildman–Crippen MR) is 77.1 cm³/mol. The Kier molecular flexibility index (Phi) is 6.86. The zero-order valence-corrected chi connectivity index (χ0v) is 11.3. The maximum absolute atomic E-state index is 11.8. The van der Waals surface area contributed by atoms with Crippen molar-refractivity contribution in [1.82, 2.24) is 10.6 Å². The number of aromatic hydroxyl groups is 1. The Morgan fingerprint density at radius 3 is 2.76 bits per heavy atom. The van der Waals surface area contributed by atoms with Gasteiger partial charge in [-0.05, 0) is 18.6 Å². The molecule has 0 aliphatic rings. The van der Waals surface area contributed by atoms with Crippen LogP contribution in [-0.4, -0.2) is 30.5 Å². The molecule has 0 heterocycles. The molecule has 1 rings (SSSR count). The fraction of sp³-hybridized carbons (Fsp3) is 0.214. The summed E-state index contributed by atoms with van der Waals surface area (Å²) in [6, 6.07) is 7.83. The summed E-state index contributed by atoms with van der Waals surface area (Å²) < 4.78 is 0. The van der Waals surface area contributed by atoms with Crippen molar-refractivity contribution < 1.29 is 14.7 Å². The van der Waals surface area contributed by atoms with Crippen molar-refractivity contribution >= 4 is 18.0 Å². The minimum Gasteiger partial charge on any atom is -0.508 e. The molecule has 0 saturated carbocycles. The van der Waals surface area contributed by atoms with Gasteiger partial charge in [0.2, 0.25) is 6.41 Å². The number of carbonyl (C=O) groups excluding carboxylic acids is 2. The molecule has 1 aromatic rings. The van der Waals surface area contributed by atoms with Gasteiger partial charge in [-0.3, -0.25) is 9.59 Å². The number of rotatable bonds is 8. The molecule has 0 aliphatic heterocycles. The first-order valence-corrected chi connectivity index (χ1v) is 6.28. The van der Waals surface area contributed by atoms with Gasteiger partial charge in [-0.1, -0.05) is 6.07 Å². The monoisotopic (exact) mass is 288 g/mol.